The minimum absolute atomic E-state index is 0.443. The Bertz CT molecular complexity index is 202. The Balaban J connectivity index is 4.04. The van der Waals surface area contributed by atoms with Crippen LogP contribution >= 0.6 is 15.9 Å². The van der Waals surface area contributed by atoms with Crippen LogP contribution in [0.25, 0.3) is 0 Å². The van der Waals surface area contributed by atoms with Crippen molar-refractivity contribution in [3.63, 3.8) is 0 Å². The van der Waals surface area contributed by atoms with E-state index in [1.54, 1.807) is 0 Å². The molecule has 0 aromatic rings. The number of halogens is 4. The molecule has 0 unspecified atom stereocenters. The zero-order valence-electron chi connectivity index (χ0n) is 6.94. The van der Waals surface area contributed by atoms with Gasteiger partial charge in [-0.25, -0.2) is 0 Å². The third-order valence-corrected chi connectivity index (χ3v) is 1.52. The van der Waals surface area contributed by atoms with Crippen LogP contribution < -0.4 is 0 Å². The first-order valence-electron chi connectivity index (χ1n) is 3.41. The molecule has 0 heterocycles. The second-order valence-electron chi connectivity index (χ2n) is 2.37. The summed E-state index contributed by atoms with van der Waals surface area (Å²) in [4.78, 5) is 11.5. The van der Waals surface area contributed by atoms with E-state index in [9.17, 15) is 18.0 Å². The van der Waals surface area contributed by atoms with E-state index >= 15 is 0 Å². The lowest BCUT2D eigenvalue weighted by Gasteiger charge is -2.16. The van der Waals surface area contributed by atoms with E-state index < -0.39 is 18.6 Å². The Kier molecular flexibility index (Phi) is 5.05. The maximum atomic E-state index is 11.8. The molecule has 13 heavy (non-hydrogen) atoms. The van der Waals surface area contributed by atoms with Gasteiger partial charge in [0.15, 0.2) is 0 Å². The lowest BCUT2D eigenvalue weighted by molar-refractivity contribution is -0.155. The average Bonchev–Trinajstić information content (AvgIpc) is 1.96. The maximum absolute atomic E-state index is 11.8. The Labute approximate surface area is 82.5 Å². The molecule has 76 valence electrons. The van der Waals surface area contributed by atoms with Crippen molar-refractivity contribution < 1.29 is 18.0 Å². The highest BCUT2D eigenvalue weighted by Gasteiger charge is 2.30. The van der Waals surface area contributed by atoms with Gasteiger partial charge in [0.2, 0.25) is 5.91 Å². The van der Waals surface area contributed by atoms with Crippen LogP contribution in [0.1, 0.15) is 0 Å². The van der Waals surface area contributed by atoms with E-state index in [-0.39, 0.29) is 0 Å². The number of allylic oxidation sites excluding steroid dienone is 1. The van der Waals surface area contributed by atoms with Crippen LogP contribution in [0.3, 0.4) is 0 Å². The van der Waals surface area contributed by atoms with Gasteiger partial charge in [-0.2, -0.15) is 13.2 Å². The molecule has 0 aliphatic heterocycles. The van der Waals surface area contributed by atoms with Gasteiger partial charge in [-0.05, 0) is 6.08 Å². The molecule has 0 saturated carbocycles. The van der Waals surface area contributed by atoms with E-state index in [1.165, 1.54) is 6.08 Å². The van der Waals surface area contributed by atoms with Gasteiger partial charge >= 0.3 is 6.18 Å². The lowest BCUT2D eigenvalue weighted by Crippen LogP contribution is -2.34. The summed E-state index contributed by atoms with van der Waals surface area (Å²) in [5.41, 5.74) is 0. The highest BCUT2D eigenvalue weighted by molar-refractivity contribution is 9.09. The number of rotatable bonds is 3. The van der Waals surface area contributed by atoms with Crippen molar-refractivity contribution in [1.82, 2.24) is 4.90 Å². The topological polar surface area (TPSA) is 20.3 Å². The molecule has 1 amide bonds. The SMILES string of the molecule is CN(CC(F)(F)F)C(=O)/C=C/CBr. The number of carbonyl (C=O) groups is 1. The van der Waals surface area contributed by atoms with Crippen molar-refractivity contribution in [3.05, 3.63) is 12.2 Å². The Hall–Kier alpha value is -0.520. The summed E-state index contributed by atoms with van der Waals surface area (Å²) in [6, 6.07) is 0. The van der Waals surface area contributed by atoms with Crippen molar-refractivity contribution in [1.29, 1.82) is 0 Å². The molecule has 0 aliphatic carbocycles. The quantitative estimate of drug-likeness (QED) is 0.561. The monoisotopic (exact) mass is 259 g/mol. The van der Waals surface area contributed by atoms with Crippen molar-refractivity contribution >= 4 is 21.8 Å². The molecular weight excluding hydrogens is 251 g/mol. The molecule has 0 aromatic heterocycles. The van der Waals surface area contributed by atoms with E-state index in [1.807, 2.05) is 0 Å². The first-order chi connectivity index (χ1) is 5.87. The van der Waals surface area contributed by atoms with Crippen LogP contribution in [0, 0.1) is 0 Å². The summed E-state index contributed by atoms with van der Waals surface area (Å²) in [5, 5.41) is 0.443. The average molecular weight is 260 g/mol. The summed E-state index contributed by atoms with van der Waals surface area (Å²) in [7, 11) is 1.11. The zero-order chi connectivity index (χ0) is 10.5. The summed E-state index contributed by atoms with van der Waals surface area (Å²) in [6.45, 7) is -1.22. The third-order valence-electron chi connectivity index (χ3n) is 1.14. The second-order valence-corrected chi connectivity index (χ2v) is 3.01. The molecule has 2 nitrogen and oxygen atoms in total. The van der Waals surface area contributed by atoms with E-state index in [0.29, 0.717) is 10.2 Å². The Morgan fingerprint density at radius 3 is 2.46 bits per heavy atom. The van der Waals surface area contributed by atoms with E-state index in [0.717, 1.165) is 13.1 Å². The number of amides is 1. The molecule has 6 heteroatoms. The first-order valence-corrected chi connectivity index (χ1v) is 4.53. The van der Waals surface area contributed by atoms with Gasteiger partial charge in [-0.3, -0.25) is 4.79 Å². The van der Waals surface area contributed by atoms with Gasteiger partial charge in [-0.1, -0.05) is 22.0 Å². The first kappa shape index (κ1) is 12.5. The van der Waals surface area contributed by atoms with Gasteiger partial charge in [0.25, 0.3) is 0 Å². The Morgan fingerprint density at radius 1 is 1.54 bits per heavy atom. The van der Waals surface area contributed by atoms with Gasteiger partial charge in [0, 0.05) is 12.4 Å². The molecule has 0 aromatic carbocycles. The van der Waals surface area contributed by atoms with E-state index in [4.69, 9.17) is 0 Å². The number of nitrogens with zero attached hydrogens (tertiary/aromatic N) is 1. The molecule has 0 radical (unpaired) electrons. The minimum atomic E-state index is -4.34. The van der Waals surface area contributed by atoms with Gasteiger partial charge in [0.1, 0.15) is 6.54 Å². The molecule has 0 fully saturated rings. The maximum Gasteiger partial charge on any atom is 0.406 e. The summed E-state index contributed by atoms with van der Waals surface area (Å²) >= 11 is 3.01. The fraction of sp³-hybridized carbons (Fsp3) is 0.571. The highest BCUT2D eigenvalue weighted by atomic mass is 79.9. The van der Waals surface area contributed by atoms with Crippen molar-refractivity contribution in [2.75, 3.05) is 18.9 Å². The van der Waals surface area contributed by atoms with Crippen LogP contribution in [0.15, 0.2) is 12.2 Å². The standard InChI is InChI=1S/C7H9BrF3NO/c1-12(5-7(9,10)11)6(13)3-2-4-8/h2-3H,4-5H2,1H3/b3-2+. The highest BCUT2D eigenvalue weighted by Crippen LogP contribution is 2.15. The fourth-order valence-corrected chi connectivity index (χ4v) is 0.806. The number of likely N-dealkylation sites (N-methyl/N-ethyl adjacent to an activating group) is 1. The largest absolute Gasteiger partial charge is 0.406 e. The minimum Gasteiger partial charge on any atom is -0.333 e. The van der Waals surface area contributed by atoms with Crippen molar-refractivity contribution in [2.45, 2.75) is 6.18 Å². The lowest BCUT2D eigenvalue weighted by atomic mass is 10.4. The van der Waals surface area contributed by atoms with Crippen molar-refractivity contribution in [2.24, 2.45) is 0 Å². The number of carbonyl (C=O) groups excluding carboxylic acids is 1. The van der Waals surface area contributed by atoms with Gasteiger partial charge in [0.05, 0.1) is 0 Å². The normalized spacial score (nSPS) is 12.1. The van der Waals surface area contributed by atoms with Crippen LogP contribution in [0.5, 0.6) is 0 Å². The fourth-order valence-electron chi connectivity index (χ4n) is 0.619. The summed E-state index contributed by atoms with van der Waals surface area (Å²) in [5.74, 6) is -0.656. The number of hydrogen-bond acceptors (Lipinski definition) is 1. The van der Waals surface area contributed by atoms with Crippen LogP contribution in [-0.2, 0) is 4.79 Å². The zero-order valence-corrected chi connectivity index (χ0v) is 8.52. The molecule has 0 spiro atoms. The molecule has 0 saturated heterocycles. The van der Waals surface area contributed by atoms with Crippen LogP contribution in [0.4, 0.5) is 13.2 Å². The van der Waals surface area contributed by atoms with Gasteiger partial charge in [-0.15, -0.1) is 0 Å². The molecule has 0 N–H and O–H groups in total. The molecule has 0 atom stereocenters. The summed E-state index contributed by atoms with van der Waals surface area (Å²) < 4.78 is 35.3. The number of alkyl halides is 4. The van der Waals surface area contributed by atoms with E-state index in [2.05, 4.69) is 15.9 Å². The predicted octanol–water partition coefficient (Wildman–Crippen LogP) is 1.96. The van der Waals surface area contributed by atoms with Crippen molar-refractivity contribution in [3.8, 4) is 0 Å². The Morgan fingerprint density at radius 2 is 2.08 bits per heavy atom. The third kappa shape index (κ3) is 6.62. The smallest absolute Gasteiger partial charge is 0.333 e. The predicted molar refractivity (Wildman–Crippen MR) is 46.6 cm³/mol. The van der Waals surface area contributed by atoms with Crippen LogP contribution in [0.2, 0.25) is 0 Å². The van der Waals surface area contributed by atoms with Gasteiger partial charge < -0.3 is 4.90 Å². The summed E-state index contributed by atoms with van der Waals surface area (Å²) in [6.07, 6.45) is -1.80. The molecule has 0 bridgehead atoms. The number of hydrogen-bond donors (Lipinski definition) is 0. The molecule has 0 rings (SSSR count). The van der Waals surface area contributed by atoms with Crippen LogP contribution in [-0.4, -0.2) is 35.9 Å². The molecular formula is C7H9BrF3NO. The second kappa shape index (κ2) is 5.26. The molecule has 0 aliphatic rings.